The van der Waals surface area contributed by atoms with E-state index in [1.54, 1.807) is 10.6 Å². The third kappa shape index (κ3) is 4.37. The number of aromatic nitrogens is 4. The Bertz CT molecular complexity index is 1470. The topological polar surface area (TPSA) is 110 Å². The fraction of sp³-hybridized carbons (Fsp3) is 0.280. The van der Waals surface area contributed by atoms with E-state index in [-0.39, 0.29) is 5.82 Å². The Morgan fingerprint density at radius 3 is 2.67 bits per heavy atom. The number of alkyl halides is 3. The minimum Gasteiger partial charge on any atom is -0.320 e. The highest BCUT2D eigenvalue weighted by atomic mass is 19.4. The second-order valence-corrected chi connectivity index (χ2v) is 8.96. The molecule has 0 saturated heterocycles. The molecule has 1 aromatic carbocycles. The molecular formula is C25H24F3N7O. The summed E-state index contributed by atoms with van der Waals surface area (Å²) in [5, 5.41) is 9.44. The van der Waals surface area contributed by atoms with Crippen LogP contribution in [0.1, 0.15) is 42.3 Å². The summed E-state index contributed by atoms with van der Waals surface area (Å²) >= 11 is 0. The number of benzene rings is 1. The molecule has 11 heteroatoms. The second kappa shape index (κ2) is 8.59. The molecule has 4 aromatic rings. The van der Waals surface area contributed by atoms with Crippen LogP contribution in [0.3, 0.4) is 0 Å². The highest BCUT2D eigenvalue weighted by molar-refractivity contribution is 6.00. The van der Waals surface area contributed by atoms with Gasteiger partial charge in [-0.3, -0.25) is 5.32 Å². The van der Waals surface area contributed by atoms with Crippen molar-refractivity contribution < 1.29 is 18.0 Å². The summed E-state index contributed by atoms with van der Waals surface area (Å²) in [4.78, 5) is 20.5. The molecule has 1 saturated carbocycles. The van der Waals surface area contributed by atoms with Gasteiger partial charge >= 0.3 is 12.2 Å². The fourth-order valence-corrected chi connectivity index (χ4v) is 4.33. The van der Waals surface area contributed by atoms with E-state index in [0.29, 0.717) is 12.1 Å². The van der Waals surface area contributed by atoms with E-state index in [0.717, 1.165) is 52.4 Å². The van der Waals surface area contributed by atoms with E-state index in [1.807, 2.05) is 32.2 Å². The van der Waals surface area contributed by atoms with Gasteiger partial charge < -0.3 is 11.1 Å². The van der Waals surface area contributed by atoms with Crippen molar-refractivity contribution in [2.75, 3.05) is 10.6 Å². The third-order valence-electron chi connectivity index (χ3n) is 6.33. The number of rotatable bonds is 5. The van der Waals surface area contributed by atoms with Crippen molar-refractivity contribution in [3.05, 3.63) is 71.4 Å². The van der Waals surface area contributed by atoms with Crippen molar-refractivity contribution >= 4 is 23.1 Å². The number of fused-ring (bicyclic) bond motifs is 1. The van der Waals surface area contributed by atoms with Crippen LogP contribution in [0.25, 0.3) is 16.6 Å². The van der Waals surface area contributed by atoms with E-state index >= 15 is 0 Å². The molecular weight excluding hydrogens is 471 g/mol. The standard InChI is InChI=1S/C25H24F3N7O/c1-3-15-11-16(20-14(2)12-35-21(20)22(30-13-31-35)24(29)9-10-24)7-8-17(15)32-23(36)34-19-6-4-5-18(33-19)25(26,27)28/h4-8,11-13H,3,9-10,29H2,1-2H3,(H2,32,33,34,36). The van der Waals surface area contributed by atoms with Gasteiger partial charge in [0, 0.05) is 17.4 Å². The second-order valence-electron chi connectivity index (χ2n) is 8.96. The van der Waals surface area contributed by atoms with Gasteiger partial charge in [0.25, 0.3) is 0 Å². The van der Waals surface area contributed by atoms with Crippen LogP contribution in [0.2, 0.25) is 0 Å². The number of amides is 2. The molecule has 1 fully saturated rings. The van der Waals surface area contributed by atoms with Crippen molar-refractivity contribution in [1.29, 1.82) is 0 Å². The number of nitrogens with two attached hydrogens (primary N) is 1. The zero-order chi connectivity index (χ0) is 25.7. The van der Waals surface area contributed by atoms with E-state index in [1.165, 1.54) is 18.5 Å². The Hall–Kier alpha value is -3.99. The van der Waals surface area contributed by atoms with Gasteiger partial charge in [0.1, 0.15) is 17.8 Å². The first-order valence-electron chi connectivity index (χ1n) is 11.5. The van der Waals surface area contributed by atoms with Gasteiger partial charge in [0.2, 0.25) is 0 Å². The lowest BCUT2D eigenvalue weighted by molar-refractivity contribution is -0.141. The Morgan fingerprint density at radius 2 is 1.97 bits per heavy atom. The maximum atomic E-state index is 12.9. The maximum Gasteiger partial charge on any atom is 0.433 e. The SMILES string of the molecule is CCc1cc(-c2c(C)cn3ncnc(C4(N)CC4)c23)ccc1NC(=O)Nc1cccc(C(F)(F)F)n1. The number of nitrogens with one attached hydrogen (secondary N) is 2. The number of hydrogen-bond donors (Lipinski definition) is 3. The summed E-state index contributed by atoms with van der Waals surface area (Å²) in [6.07, 6.45) is 1.19. The first-order valence-corrected chi connectivity index (χ1v) is 11.5. The van der Waals surface area contributed by atoms with Crippen LogP contribution < -0.4 is 16.4 Å². The molecule has 0 aliphatic heterocycles. The zero-order valence-electron chi connectivity index (χ0n) is 19.6. The number of urea groups is 1. The molecule has 1 aliphatic carbocycles. The molecule has 4 N–H and O–H groups in total. The molecule has 5 rings (SSSR count). The van der Waals surface area contributed by atoms with Crippen LogP contribution in [0, 0.1) is 6.92 Å². The van der Waals surface area contributed by atoms with Crippen molar-refractivity contribution in [3.63, 3.8) is 0 Å². The highest BCUT2D eigenvalue weighted by Crippen LogP contribution is 2.45. The molecule has 186 valence electrons. The van der Waals surface area contributed by atoms with Gasteiger partial charge in [-0.25, -0.2) is 19.3 Å². The molecule has 0 spiro atoms. The Kier molecular flexibility index (Phi) is 5.67. The summed E-state index contributed by atoms with van der Waals surface area (Å²) < 4.78 is 40.6. The fourth-order valence-electron chi connectivity index (χ4n) is 4.33. The Labute approximate surface area is 204 Å². The van der Waals surface area contributed by atoms with Crippen molar-refractivity contribution in [2.24, 2.45) is 5.73 Å². The Balaban J connectivity index is 1.44. The average Bonchev–Trinajstić information content (AvgIpc) is 3.49. The average molecular weight is 496 g/mol. The van der Waals surface area contributed by atoms with E-state index < -0.39 is 23.4 Å². The molecule has 3 heterocycles. The van der Waals surface area contributed by atoms with Gasteiger partial charge in [0.15, 0.2) is 0 Å². The minimum absolute atomic E-state index is 0.198. The number of carbonyl (C=O) groups excluding carboxylic acids is 1. The third-order valence-corrected chi connectivity index (χ3v) is 6.33. The summed E-state index contributed by atoms with van der Waals surface area (Å²) in [6, 6.07) is 8.27. The molecule has 3 aromatic heterocycles. The van der Waals surface area contributed by atoms with Crippen molar-refractivity contribution in [1.82, 2.24) is 19.6 Å². The predicted octanol–water partition coefficient (Wildman–Crippen LogP) is 5.27. The summed E-state index contributed by atoms with van der Waals surface area (Å²) in [7, 11) is 0. The van der Waals surface area contributed by atoms with Crippen molar-refractivity contribution in [2.45, 2.75) is 44.8 Å². The molecule has 0 atom stereocenters. The van der Waals surface area contributed by atoms with Crippen LogP contribution in [0.4, 0.5) is 29.5 Å². The monoisotopic (exact) mass is 495 g/mol. The highest BCUT2D eigenvalue weighted by Gasteiger charge is 2.44. The van der Waals surface area contributed by atoms with Crippen molar-refractivity contribution in [3.8, 4) is 11.1 Å². The maximum absolute atomic E-state index is 12.9. The molecule has 8 nitrogen and oxygen atoms in total. The van der Waals surface area contributed by atoms with Crippen LogP contribution in [-0.2, 0) is 18.1 Å². The summed E-state index contributed by atoms with van der Waals surface area (Å²) in [6.45, 7) is 3.95. The first-order chi connectivity index (χ1) is 17.1. The smallest absolute Gasteiger partial charge is 0.320 e. The number of aryl methyl sites for hydroxylation is 2. The van der Waals surface area contributed by atoms with Gasteiger partial charge in [-0.1, -0.05) is 19.1 Å². The quantitative estimate of drug-likeness (QED) is 0.349. The lowest BCUT2D eigenvalue weighted by atomic mass is 9.97. The minimum atomic E-state index is -4.60. The van der Waals surface area contributed by atoms with Crippen LogP contribution in [0.15, 0.2) is 48.9 Å². The largest absolute Gasteiger partial charge is 0.433 e. The number of hydrogen-bond acceptors (Lipinski definition) is 5. The molecule has 0 bridgehead atoms. The van der Waals surface area contributed by atoms with E-state index in [2.05, 4.69) is 25.7 Å². The summed E-state index contributed by atoms with van der Waals surface area (Å²) in [5.41, 5.74) is 11.0. The molecule has 1 aliphatic rings. The van der Waals surface area contributed by atoms with Gasteiger partial charge in [-0.05, 0) is 67.1 Å². The molecule has 36 heavy (non-hydrogen) atoms. The molecule has 2 amide bonds. The number of carbonyl (C=O) groups is 1. The number of pyridine rings is 1. The van der Waals surface area contributed by atoms with Gasteiger partial charge in [-0.2, -0.15) is 18.3 Å². The number of nitrogens with zero attached hydrogens (tertiary/aromatic N) is 4. The predicted molar refractivity (Wildman–Crippen MR) is 130 cm³/mol. The van der Waals surface area contributed by atoms with Gasteiger partial charge in [0.05, 0.1) is 16.7 Å². The van der Waals surface area contributed by atoms with Crippen LogP contribution in [0.5, 0.6) is 0 Å². The Morgan fingerprint density at radius 1 is 1.19 bits per heavy atom. The van der Waals surface area contributed by atoms with Gasteiger partial charge in [-0.15, -0.1) is 0 Å². The lowest BCUT2D eigenvalue weighted by Gasteiger charge is -2.15. The summed E-state index contributed by atoms with van der Waals surface area (Å²) in [5.74, 6) is -0.198. The normalized spacial score (nSPS) is 14.6. The zero-order valence-corrected chi connectivity index (χ0v) is 19.6. The lowest BCUT2D eigenvalue weighted by Crippen LogP contribution is -2.22. The molecule has 0 radical (unpaired) electrons. The van der Waals surface area contributed by atoms with E-state index in [9.17, 15) is 18.0 Å². The van der Waals surface area contributed by atoms with Crippen LogP contribution >= 0.6 is 0 Å². The van der Waals surface area contributed by atoms with E-state index in [4.69, 9.17) is 5.73 Å². The van der Waals surface area contributed by atoms with Crippen LogP contribution in [-0.4, -0.2) is 25.6 Å². The number of anilines is 2. The molecule has 0 unspecified atom stereocenters. The number of halogens is 3. The first kappa shape index (κ1) is 23.7.